The highest BCUT2D eigenvalue weighted by molar-refractivity contribution is 5.83. The molecule has 2 heterocycles. The third kappa shape index (κ3) is 1.56. The van der Waals surface area contributed by atoms with Gasteiger partial charge in [-0.1, -0.05) is 12.1 Å². The number of nitrogens with one attached hydrogen (secondary N) is 1. The average Bonchev–Trinajstić information content (AvgIpc) is 3.03. The Balaban J connectivity index is 1.94. The van der Waals surface area contributed by atoms with Crippen LogP contribution >= 0.6 is 0 Å². The minimum atomic E-state index is 1.04. The van der Waals surface area contributed by atoms with E-state index in [4.69, 9.17) is 4.98 Å². The maximum absolute atomic E-state index is 4.81. The second-order valence-electron chi connectivity index (χ2n) is 5.49. The van der Waals surface area contributed by atoms with Crippen LogP contribution in [0.3, 0.4) is 0 Å². The van der Waals surface area contributed by atoms with Crippen LogP contribution in [0.15, 0.2) is 36.4 Å². The molecule has 4 rings (SSSR count). The van der Waals surface area contributed by atoms with Gasteiger partial charge in [0.05, 0.1) is 11.0 Å². The fourth-order valence-corrected chi connectivity index (χ4v) is 3.17. The Morgan fingerprint density at radius 2 is 2.10 bits per heavy atom. The van der Waals surface area contributed by atoms with Crippen molar-refractivity contribution in [2.75, 3.05) is 11.9 Å². The molecule has 0 saturated heterocycles. The molecular formula is C17H17N3. The molecule has 0 radical (unpaired) electrons. The highest BCUT2D eigenvalue weighted by Gasteiger charge is 2.15. The number of aryl methyl sites for hydroxylation is 2. The predicted molar refractivity (Wildman–Crippen MR) is 83.1 cm³/mol. The number of benzene rings is 2. The second-order valence-corrected chi connectivity index (χ2v) is 5.49. The minimum absolute atomic E-state index is 1.04. The molecule has 3 heteroatoms. The van der Waals surface area contributed by atoms with Crippen molar-refractivity contribution < 1.29 is 0 Å². The van der Waals surface area contributed by atoms with Gasteiger partial charge in [0.2, 0.25) is 0 Å². The van der Waals surface area contributed by atoms with E-state index in [0.29, 0.717) is 0 Å². The van der Waals surface area contributed by atoms with E-state index in [-0.39, 0.29) is 0 Å². The summed E-state index contributed by atoms with van der Waals surface area (Å²) in [6.45, 7) is 3.18. The van der Waals surface area contributed by atoms with Crippen molar-refractivity contribution in [3.8, 4) is 11.4 Å². The van der Waals surface area contributed by atoms with E-state index in [2.05, 4.69) is 60.3 Å². The highest BCUT2D eigenvalue weighted by atomic mass is 15.1. The summed E-state index contributed by atoms with van der Waals surface area (Å²) in [4.78, 5) is 4.81. The first-order chi connectivity index (χ1) is 9.74. The van der Waals surface area contributed by atoms with Gasteiger partial charge in [-0.05, 0) is 48.7 Å². The zero-order valence-electron chi connectivity index (χ0n) is 11.8. The van der Waals surface area contributed by atoms with E-state index >= 15 is 0 Å². The van der Waals surface area contributed by atoms with E-state index in [9.17, 15) is 0 Å². The van der Waals surface area contributed by atoms with Gasteiger partial charge < -0.3 is 9.88 Å². The molecule has 0 saturated carbocycles. The zero-order chi connectivity index (χ0) is 13.7. The van der Waals surface area contributed by atoms with Crippen LogP contribution in [0.1, 0.15) is 11.1 Å². The number of rotatable bonds is 1. The Labute approximate surface area is 118 Å². The topological polar surface area (TPSA) is 29.9 Å². The van der Waals surface area contributed by atoms with Gasteiger partial charge >= 0.3 is 0 Å². The number of imidazole rings is 1. The molecule has 1 aromatic heterocycles. The van der Waals surface area contributed by atoms with Gasteiger partial charge in [0, 0.05) is 24.8 Å². The summed E-state index contributed by atoms with van der Waals surface area (Å²) < 4.78 is 2.20. The maximum atomic E-state index is 4.81. The molecule has 0 atom stereocenters. The number of para-hydroxylation sites is 1. The van der Waals surface area contributed by atoms with Crippen LogP contribution in [0, 0.1) is 6.92 Å². The van der Waals surface area contributed by atoms with E-state index in [1.54, 1.807) is 0 Å². The Bertz CT molecular complexity index is 814. The molecule has 100 valence electrons. The van der Waals surface area contributed by atoms with Crippen molar-refractivity contribution in [2.24, 2.45) is 7.05 Å². The Morgan fingerprint density at radius 3 is 2.95 bits per heavy atom. The summed E-state index contributed by atoms with van der Waals surface area (Å²) in [6.07, 6.45) is 1.10. The van der Waals surface area contributed by atoms with Crippen LogP contribution < -0.4 is 5.32 Å². The van der Waals surface area contributed by atoms with Crippen LogP contribution in [0.2, 0.25) is 0 Å². The fraction of sp³-hybridized carbons (Fsp3) is 0.235. The lowest BCUT2D eigenvalue weighted by Gasteiger charge is -2.06. The SMILES string of the molecule is Cc1cccc2nc(-c3ccc4c(c3)CCN4)n(C)c12. The number of hydrogen-bond acceptors (Lipinski definition) is 2. The third-order valence-corrected chi connectivity index (χ3v) is 4.17. The van der Waals surface area contributed by atoms with Gasteiger partial charge in [0.15, 0.2) is 0 Å². The highest BCUT2D eigenvalue weighted by Crippen LogP contribution is 2.30. The van der Waals surface area contributed by atoms with E-state index in [1.807, 2.05) is 0 Å². The first-order valence-electron chi connectivity index (χ1n) is 7.03. The minimum Gasteiger partial charge on any atom is -0.384 e. The quantitative estimate of drug-likeness (QED) is 0.728. The van der Waals surface area contributed by atoms with Gasteiger partial charge in [0.1, 0.15) is 5.82 Å². The van der Waals surface area contributed by atoms with E-state index in [0.717, 1.165) is 24.3 Å². The first kappa shape index (κ1) is 11.5. The smallest absolute Gasteiger partial charge is 0.140 e. The fourth-order valence-electron chi connectivity index (χ4n) is 3.17. The normalized spacial score (nSPS) is 13.5. The summed E-state index contributed by atoms with van der Waals surface area (Å²) in [6, 6.07) is 12.9. The van der Waals surface area contributed by atoms with Crippen LogP contribution in [-0.2, 0) is 13.5 Å². The molecule has 3 aromatic rings. The number of nitrogens with zero attached hydrogens (tertiary/aromatic N) is 2. The lowest BCUT2D eigenvalue weighted by Crippen LogP contribution is -1.94. The van der Waals surface area contributed by atoms with E-state index in [1.165, 1.54) is 27.9 Å². The van der Waals surface area contributed by atoms with E-state index < -0.39 is 0 Å². The number of anilines is 1. The molecule has 2 aromatic carbocycles. The molecule has 3 nitrogen and oxygen atoms in total. The predicted octanol–water partition coefficient (Wildman–Crippen LogP) is 3.52. The lowest BCUT2D eigenvalue weighted by atomic mass is 10.1. The van der Waals surface area contributed by atoms with Gasteiger partial charge in [0.25, 0.3) is 0 Å². The third-order valence-electron chi connectivity index (χ3n) is 4.17. The van der Waals surface area contributed by atoms with Crippen molar-refractivity contribution in [1.29, 1.82) is 0 Å². The first-order valence-corrected chi connectivity index (χ1v) is 7.03. The summed E-state index contributed by atoms with van der Waals surface area (Å²) in [7, 11) is 2.10. The van der Waals surface area contributed by atoms with Crippen molar-refractivity contribution in [2.45, 2.75) is 13.3 Å². The summed E-state index contributed by atoms with van der Waals surface area (Å²) >= 11 is 0. The zero-order valence-corrected chi connectivity index (χ0v) is 11.8. The second kappa shape index (κ2) is 4.10. The van der Waals surface area contributed by atoms with Crippen LogP contribution in [0.5, 0.6) is 0 Å². The summed E-state index contributed by atoms with van der Waals surface area (Å²) in [5.41, 5.74) is 7.43. The number of fused-ring (bicyclic) bond motifs is 2. The molecule has 1 aliphatic heterocycles. The molecule has 20 heavy (non-hydrogen) atoms. The van der Waals surface area contributed by atoms with Gasteiger partial charge in [-0.2, -0.15) is 0 Å². The molecule has 0 unspecified atom stereocenters. The Morgan fingerprint density at radius 1 is 1.20 bits per heavy atom. The molecular weight excluding hydrogens is 246 g/mol. The average molecular weight is 263 g/mol. The molecule has 1 N–H and O–H groups in total. The van der Waals surface area contributed by atoms with Crippen LogP contribution in [-0.4, -0.2) is 16.1 Å². The summed E-state index contributed by atoms with van der Waals surface area (Å²) in [5.74, 6) is 1.05. The Kier molecular flexibility index (Phi) is 2.36. The summed E-state index contributed by atoms with van der Waals surface area (Å²) in [5, 5.41) is 3.40. The molecule has 0 fully saturated rings. The molecule has 0 amide bonds. The standard InChI is InChI=1S/C17H17N3/c1-11-4-3-5-15-16(11)20(2)17(19-15)13-6-7-14-12(10-13)8-9-18-14/h3-7,10,18H,8-9H2,1-2H3. The van der Waals surface area contributed by atoms with Crippen LogP contribution in [0.4, 0.5) is 5.69 Å². The van der Waals surface area contributed by atoms with Crippen LogP contribution in [0.25, 0.3) is 22.4 Å². The van der Waals surface area contributed by atoms with Crippen molar-refractivity contribution >= 4 is 16.7 Å². The monoisotopic (exact) mass is 263 g/mol. The van der Waals surface area contributed by atoms with Gasteiger partial charge in [-0.25, -0.2) is 4.98 Å². The molecule has 1 aliphatic rings. The van der Waals surface area contributed by atoms with Gasteiger partial charge in [-0.15, -0.1) is 0 Å². The molecule has 0 bridgehead atoms. The largest absolute Gasteiger partial charge is 0.384 e. The maximum Gasteiger partial charge on any atom is 0.140 e. The van der Waals surface area contributed by atoms with Gasteiger partial charge in [-0.3, -0.25) is 0 Å². The van der Waals surface area contributed by atoms with Crippen molar-refractivity contribution in [1.82, 2.24) is 9.55 Å². The number of aromatic nitrogens is 2. The van der Waals surface area contributed by atoms with Crippen molar-refractivity contribution in [3.63, 3.8) is 0 Å². The lowest BCUT2D eigenvalue weighted by molar-refractivity contribution is 0.955. The Hall–Kier alpha value is -2.29. The number of hydrogen-bond donors (Lipinski definition) is 1. The molecule has 0 spiro atoms. The van der Waals surface area contributed by atoms with Crippen molar-refractivity contribution in [3.05, 3.63) is 47.5 Å². The molecule has 0 aliphatic carbocycles.